The minimum atomic E-state index is 0.681. The lowest BCUT2D eigenvalue weighted by Gasteiger charge is -2.21. The van der Waals surface area contributed by atoms with Crippen molar-refractivity contribution >= 4 is 0 Å². The molecule has 0 saturated carbocycles. The highest BCUT2D eigenvalue weighted by molar-refractivity contribution is 5.33. The van der Waals surface area contributed by atoms with Gasteiger partial charge < -0.3 is 10.1 Å². The zero-order valence-corrected chi connectivity index (χ0v) is 13.6. The lowest BCUT2D eigenvalue weighted by atomic mass is 10.1. The monoisotopic (exact) mass is 290 g/mol. The second kappa shape index (κ2) is 9.06. The van der Waals surface area contributed by atoms with E-state index in [0.717, 1.165) is 32.0 Å². The van der Waals surface area contributed by atoms with E-state index < -0.39 is 0 Å². The van der Waals surface area contributed by atoms with Crippen molar-refractivity contribution in [1.82, 2.24) is 10.2 Å². The van der Waals surface area contributed by atoms with E-state index in [4.69, 9.17) is 4.74 Å². The Labute approximate surface area is 129 Å². The molecule has 0 aliphatic carbocycles. The SMILES string of the molecule is CCCNC(CC)CCCN1CCOc2ccccc2C1. The van der Waals surface area contributed by atoms with Crippen LogP contribution in [0.4, 0.5) is 0 Å². The Hall–Kier alpha value is -1.06. The number of ether oxygens (including phenoxy) is 1. The van der Waals surface area contributed by atoms with Crippen LogP contribution in [0, 0.1) is 0 Å². The van der Waals surface area contributed by atoms with Crippen LogP contribution in [0.2, 0.25) is 0 Å². The first kappa shape index (κ1) is 16.3. The van der Waals surface area contributed by atoms with Crippen molar-refractivity contribution in [2.45, 2.75) is 52.1 Å². The highest BCUT2D eigenvalue weighted by Gasteiger charge is 2.14. The summed E-state index contributed by atoms with van der Waals surface area (Å²) >= 11 is 0. The minimum absolute atomic E-state index is 0.681. The maximum atomic E-state index is 5.83. The predicted molar refractivity (Wildman–Crippen MR) is 88.8 cm³/mol. The first-order chi connectivity index (χ1) is 10.3. The van der Waals surface area contributed by atoms with Crippen molar-refractivity contribution in [3.63, 3.8) is 0 Å². The maximum absolute atomic E-state index is 5.83. The third-order valence-electron chi connectivity index (χ3n) is 4.23. The average molecular weight is 290 g/mol. The van der Waals surface area contributed by atoms with Gasteiger partial charge in [0.15, 0.2) is 0 Å². The Morgan fingerprint density at radius 2 is 2.14 bits per heavy atom. The van der Waals surface area contributed by atoms with Gasteiger partial charge >= 0.3 is 0 Å². The molecule has 1 aromatic carbocycles. The minimum Gasteiger partial charge on any atom is -0.492 e. The summed E-state index contributed by atoms with van der Waals surface area (Å²) in [5, 5.41) is 3.64. The number of hydrogen-bond donors (Lipinski definition) is 1. The van der Waals surface area contributed by atoms with Crippen LogP contribution in [0.1, 0.15) is 45.1 Å². The number of benzene rings is 1. The van der Waals surface area contributed by atoms with Crippen LogP contribution in [0.5, 0.6) is 5.75 Å². The Morgan fingerprint density at radius 1 is 1.29 bits per heavy atom. The molecule has 2 rings (SSSR count). The van der Waals surface area contributed by atoms with Gasteiger partial charge in [0.25, 0.3) is 0 Å². The molecular weight excluding hydrogens is 260 g/mol. The Balaban J connectivity index is 1.76. The zero-order chi connectivity index (χ0) is 14.9. The second-order valence-corrected chi connectivity index (χ2v) is 5.93. The molecule has 0 bridgehead atoms. The van der Waals surface area contributed by atoms with Gasteiger partial charge in [-0.2, -0.15) is 0 Å². The van der Waals surface area contributed by atoms with Gasteiger partial charge in [0.05, 0.1) is 0 Å². The summed E-state index contributed by atoms with van der Waals surface area (Å²) in [5.74, 6) is 1.07. The molecule has 0 aromatic heterocycles. The molecule has 1 aliphatic heterocycles. The van der Waals surface area contributed by atoms with Crippen LogP contribution < -0.4 is 10.1 Å². The van der Waals surface area contributed by atoms with E-state index in [2.05, 4.69) is 48.3 Å². The number of rotatable bonds is 8. The summed E-state index contributed by atoms with van der Waals surface area (Å²) in [6.07, 6.45) is 4.98. The van der Waals surface area contributed by atoms with Crippen molar-refractivity contribution in [2.24, 2.45) is 0 Å². The fraction of sp³-hybridized carbons (Fsp3) is 0.667. The molecule has 0 amide bonds. The quantitative estimate of drug-likeness (QED) is 0.794. The molecule has 0 spiro atoms. The molecule has 21 heavy (non-hydrogen) atoms. The molecule has 0 fully saturated rings. The van der Waals surface area contributed by atoms with Gasteiger partial charge in [-0.25, -0.2) is 0 Å². The molecule has 0 saturated heterocycles. The maximum Gasteiger partial charge on any atom is 0.123 e. The highest BCUT2D eigenvalue weighted by Crippen LogP contribution is 2.22. The average Bonchev–Trinajstić information content (AvgIpc) is 2.72. The van der Waals surface area contributed by atoms with E-state index in [-0.39, 0.29) is 0 Å². The summed E-state index contributed by atoms with van der Waals surface area (Å²) in [6, 6.07) is 9.11. The molecule has 3 heteroatoms. The molecule has 3 nitrogen and oxygen atoms in total. The van der Waals surface area contributed by atoms with Gasteiger partial charge in [-0.3, -0.25) is 4.90 Å². The van der Waals surface area contributed by atoms with Gasteiger partial charge in [0.1, 0.15) is 12.4 Å². The third kappa shape index (κ3) is 5.33. The lowest BCUT2D eigenvalue weighted by molar-refractivity contribution is 0.220. The second-order valence-electron chi connectivity index (χ2n) is 5.93. The van der Waals surface area contributed by atoms with E-state index in [1.54, 1.807) is 0 Å². The van der Waals surface area contributed by atoms with Crippen LogP contribution in [-0.4, -0.2) is 37.2 Å². The summed E-state index contributed by atoms with van der Waals surface area (Å²) < 4.78 is 5.83. The first-order valence-electron chi connectivity index (χ1n) is 8.50. The fourth-order valence-corrected chi connectivity index (χ4v) is 2.93. The van der Waals surface area contributed by atoms with Gasteiger partial charge in [-0.15, -0.1) is 0 Å². The van der Waals surface area contributed by atoms with Crippen LogP contribution in [0.15, 0.2) is 24.3 Å². The van der Waals surface area contributed by atoms with E-state index in [0.29, 0.717) is 6.04 Å². The summed E-state index contributed by atoms with van der Waals surface area (Å²) in [6.45, 7) is 9.69. The topological polar surface area (TPSA) is 24.5 Å². The van der Waals surface area contributed by atoms with E-state index in [1.165, 1.54) is 37.8 Å². The summed E-state index contributed by atoms with van der Waals surface area (Å²) in [5.41, 5.74) is 1.33. The third-order valence-corrected chi connectivity index (χ3v) is 4.23. The number of fused-ring (bicyclic) bond motifs is 1. The van der Waals surface area contributed by atoms with Gasteiger partial charge in [-0.05, 0) is 44.8 Å². The summed E-state index contributed by atoms with van der Waals surface area (Å²) in [7, 11) is 0. The standard InChI is InChI=1S/C18H30N2O/c1-3-11-19-17(4-2)9-7-12-20-13-14-21-18-10-6-5-8-16(18)15-20/h5-6,8,10,17,19H,3-4,7,9,11-15H2,1-2H3. The lowest BCUT2D eigenvalue weighted by Crippen LogP contribution is -2.31. The fourth-order valence-electron chi connectivity index (χ4n) is 2.93. The smallest absolute Gasteiger partial charge is 0.123 e. The zero-order valence-electron chi connectivity index (χ0n) is 13.6. The van der Waals surface area contributed by atoms with E-state index >= 15 is 0 Å². The number of hydrogen-bond acceptors (Lipinski definition) is 3. The normalized spacial score (nSPS) is 16.9. The molecule has 1 aliphatic rings. The molecule has 118 valence electrons. The molecule has 1 unspecified atom stereocenters. The molecule has 1 atom stereocenters. The Kier molecular flexibility index (Phi) is 7.04. The van der Waals surface area contributed by atoms with Crippen molar-refractivity contribution in [3.8, 4) is 5.75 Å². The number of para-hydroxylation sites is 1. The van der Waals surface area contributed by atoms with Crippen LogP contribution in [0.3, 0.4) is 0 Å². The summed E-state index contributed by atoms with van der Waals surface area (Å²) in [4.78, 5) is 2.53. The van der Waals surface area contributed by atoms with Crippen LogP contribution >= 0.6 is 0 Å². The van der Waals surface area contributed by atoms with Gasteiger partial charge in [0.2, 0.25) is 0 Å². The van der Waals surface area contributed by atoms with Crippen LogP contribution in [0.25, 0.3) is 0 Å². The molecule has 1 heterocycles. The highest BCUT2D eigenvalue weighted by atomic mass is 16.5. The van der Waals surface area contributed by atoms with E-state index in [1.807, 2.05) is 0 Å². The molecule has 1 N–H and O–H groups in total. The Bertz CT molecular complexity index is 408. The number of nitrogens with zero attached hydrogens (tertiary/aromatic N) is 1. The van der Waals surface area contributed by atoms with Crippen molar-refractivity contribution in [3.05, 3.63) is 29.8 Å². The molecular formula is C18H30N2O. The van der Waals surface area contributed by atoms with Crippen molar-refractivity contribution in [1.29, 1.82) is 0 Å². The van der Waals surface area contributed by atoms with Gasteiger partial charge in [0, 0.05) is 24.7 Å². The number of nitrogens with one attached hydrogen (secondary N) is 1. The molecule has 1 aromatic rings. The van der Waals surface area contributed by atoms with Crippen molar-refractivity contribution < 1.29 is 4.74 Å². The van der Waals surface area contributed by atoms with E-state index in [9.17, 15) is 0 Å². The molecule has 0 radical (unpaired) electrons. The largest absolute Gasteiger partial charge is 0.492 e. The first-order valence-corrected chi connectivity index (χ1v) is 8.50. The predicted octanol–water partition coefficient (Wildman–Crippen LogP) is 3.44. The van der Waals surface area contributed by atoms with Crippen molar-refractivity contribution in [2.75, 3.05) is 26.2 Å². The van der Waals surface area contributed by atoms with Crippen LogP contribution in [-0.2, 0) is 6.54 Å². The van der Waals surface area contributed by atoms with Gasteiger partial charge in [-0.1, -0.05) is 32.0 Å². The Morgan fingerprint density at radius 3 is 2.95 bits per heavy atom.